The fourth-order valence-corrected chi connectivity index (χ4v) is 3.02. The van der Waals surface area contributed by atoms with Gasteiger partial charge in [0.05, 0.1) is 0 Å². The molecule has 0 aromatic heterocycles. The molecule has 0 saturated heterocycles. The zero-order valence-corrected chi connectivity index (χ0v) is 10.9. The van der Waals surface area contributed by atoms with E-state index in [1.54, 1.807) is 0 Å². The minimum absolute atomic E-state index is 0.268. The largest absolute Gasteiger partial charge is 0.0843 e. The molecule has 0 amide bonds. The molecule has 0 atom stereocenters. The van der Waals surface area contributed by atoms with Crippen LogP contribution in [-0.4, -0.2) is 0 Å². The van der Waals surface area contributed by atoms with E-state index in [0.29, 0.717) is 5.02 Å². The molecular weight excluding hydrogens is 227 g/mol. The molecule has 2 rings (SSSR count). The average molecular weight is 243 g/mol. The summed E-state index contributed by atoms with van der Waals surface area (Å²) in [6, 6.07) is 5.88. The van der Waals surface area contributed by atoms with Crippen molar-refractivity contribution in [3.05, 3.63) is 33.8 Å². The average Bonchev–Trinajstić information content (AvgIpc) is 2.83. The predicted octanol–water partition coefficient (Wildman–Crippen LogP) is 5.07. The summed E-state index contributed by atoms with van der Waals surface area (Å²) >= 11 is 12.2. The second kappa shape index (κ2) is 3.40. The first kappa shape index (κ1) is 11.3. The van der Waals surface area contributed by atoms with Crippen molar-refractivity contribution in [2.24, 2.45) is 5.41 Å². The van der Waals surface area contributed by atoms with Crippen molar-refractivity contribution in [2.75, 3.05) is 0 Å². The van der Waals surface area contributed by atoms with E-state index < -0.39 is 0 Å². The van der Waals surface area contributed by atoms with Crippen LogP contribution in [0, 0.1) is 5.41 Å². The fourth-order valence-electron chi connectivity index (χ4n) is 2.43. The van der Waals surface area contributed by atoms with Gasteiger partial charge in [-0.25, -0.2) is 0 Å². The summed E-state index contributed by atoms with van der Waals surface area (Å²) in [6.45, 7) is 6.85. The highest BCUT2D eigenvalue weighted by Gasteiger charge is 2.53. The Balaban J connectivity index is 2.47. The van der Waals surface area contributed by atoms with Crippen LogP contribution < -0.4 is 0 Å². The van der Waals surface area contributed by atoms with Crippen LogP contribution in [0.3, 0.4) is 0 Å². The van der Waals surface area contributed by atoms with Gasteiger partial charge in [0.15, 0.2) is 0 Å². The summed E-state index contributed by atoms with van der Waals surface area (Å²) in [5.41, 5.74) is 1.81. The van der Waals surface area contributed by atoms with E-state index in [2.05, 4.69) is 26.8 Å². The minimum Gasteiger partial charge on any atom is -0.0843 e. The summed E-state index contributed by atoms with van der Waals surface area (Å²) in [5.74, 6) is 0. The van der Waals surface area contributed by atoms with Crippen molar-refractivity contribution >= 4 is 23.2 Å². The van der Waals surface area contributed by atoms with Crippen LogP contribution >= 0.6 is 23.2 Å². The van der Waals surface area contributed by atoms with Gasteiger partial charge in [-0.1, -0.05) is 50.0 Å². The highest BCUT2D eigenvalue weighted by Crippen LogP contribution is 2.61. The van der Waals surface area contributed by atoms with Crippen molar-refractivity contribution in [1.29, 1.82) is 0 Å². The van der Waals surface area contributed by atoms with E-state index in [1.165, 1.54) is 18.4 Å². The van der Waals surface area contributed by atoms with Gasteiger partial charge in [-0.2, -0.15) is 0 Å². The normalized spacial score (nSPS) is 19.0. The summed E-state index contributed by atoms with van der Waals surface area (Å²) < 4.78 is 0. The molecule has 0 nitrogen and oxygen atoms in total. The Labute approximate surface area is 102 Å². The summed E-state index contributed by atoms with van der Waals surface area (Å²) in [4.78, 5) is 0. The second-order valence-electron chi connectivity index (χ2n) is 5.46. The predicted molar refractivity (Wildman–Crippen MR) is 66.8 cm³/mol. The van der Waals surface area contributed by atoms with Crippen LogP contribution in [0.4, 0.5) is 0 Å². The number of rotatable bonds is 1. The first-order valence-electron chi connectivity index (χ1n) is 5.32. The highest BCUT2D eigenvalue weighted by molar-refractivity contribution is 6.35. The monoisotopic (exact) mass is 242 g/mol. The van der Waals surface area contributed by atoms with Crippen molar-refractivity contribution in [3.63, 3.8) is 0 Å². The number of hydrogen-bond acceptors (Lipinski definition) is 0. The lowest BCUT2D eigenvalue weighted by atomic mass is 9.73. The topological polar surface area (TPSA) is 0 Å². The molecule has 0 unspecified atom stereocenters. The minimum atomic E-state index is 0.268. The Bertz CT molecular complexity index is 384. The molecule has 1 saturated carbocycles. The van der Waals surface area contributed by atoms with Gasteiger partial charge in [0.25, 0.3) is 0 Å². The second-order valence-corrected chi connectivity index (χ2v) is 6.30. The lowest BCUT2D eigenvalue weighted by Gasteiger charge is -2.32. The third kappa shape index (κ3) is 1.79. The molecule has 0 N–H and O–H groups in total. The quantitative estimate of drug-likeness (QED) is 0.645. The summed E-state index contributed by atoms with van der Waals surface area (Å²) in [6.07, 6.45) is 2.47. The van der Waals surface area contributed by atoms with Crippen molar-refractivity contribution in [2.45, 2.75) is 39.0 Å². The van der Waals surface area contributed by atoms with Crippen LogP contribution in [0.5, 0.6) is 0 Å². The number of halogens is 2. The first-order chi connectivity index (χ1) is 6.87. The smallest absolute Gasteiger partial charge is 0.0458 e. The van der Waals surface area contributed by atoms with Crippen LogP contribution in [0.1, 0.15) is 39.2 Å². The lowest BCUT2D eigenvalue weighted by Crippen LogP contribution is -2.26. The Hall–Kier alpha value is -0.200. The Morgan fingerprint density at radius 3 is 2.13 bits per heavy atom. The van der Waals surface area contributed by atoms with Gasteiger partial charge in [0.2, 0.25) is 0 Å². The maximum Gasteiger partial charge on any atom is 0.0458 e. The Morgan fingerprint density at radius 2 is 1.73 bits per heavy atom. The third-order valence-corrected chi connectivity index (χ3v) is 4.18. The van der Waals surface area contributed by atoms with Gasteiger partial charge in [-0.3, -0.25) is 0 Å². The molecule has 1 aromatic carbocycles. The van der Waals surface area contributed by atoms with Gasteiger partial charge in [0, 0.05) is 15.5 Å². The van der Waals surface area contributed by atoms with Crippen LogP contribution in [0.25, 0.3) is 0 Å². The molecule has 0 spiro atoms. The SMILES string of the molecule is CC(C)(C)C1(c2ccc(Cl)cc2Cl)CC1. The molecule has 0 heterocycles. The van der Waals surface area contributed by atoms with E-state index in [4.69, 9.17) is 23.2 Å². The van der Waals surface area contributed by atoms with Gasteiger partial charge in [0.1, 0.15) is 0 Å². The number of benzene rings is 1. The van der Waals surface area contributed by atoms with Crippen molar-refractivity contribution in [3.8, 4) is 0 Å². The molecule has 0 aliphatic heterocycles. The van der Waals surface area contributed by atoms with Crippen molar-refractivity contribution in [1.82, 2.24) is 0 Å². The highest BCUT2D eigenvalue weighted by atomic mass is 35.5. The van der Waals surface area contributed by atoms with Crippen LogP contribution in [0.15, 0.2) is 18.2 Å². The Kier molecular flexibility index (Phi) is 2.56. The fraction of sp³-hybridized carbons (Fsp3) is 0.538. The molecule has 15 heavy (non-hydrogen) atoms. The zero-order chi connectivity index (χ0) is 11.3. The van der Waals surface area contributed by atoms with Gasteiger partial charge < -0.3 is 0 Å². The van der Waals surface area contributed by atoms with Gasteiger partial charge in [-0.15, -0.1) is 0 Å². The van der Waals surface area contributed by atoms with E-state index >= 15 is 0 Å². The molecule has 1 aliphatic rings. The maximum absolute atomic E-state index is 6.28. The molecule has 1 fully saturated rings. The van der Waals surface area contributed by atoms with E-state index in [9.17, 15) is 0 Å². The van der Waals surface area contributed by atoms with Crippen molar-refractivity contribution < 1.29 is 0 Å². The zero-order valence-electron chi connectivity index (χ0n) is 9.40. The van der Waals surface area contributed by atoms with Gasteiger partial charge >= 0.3 is 0 Å². The summed E-state index contributed by atoms with van der Waals surface area (Å²) in [5, 5.41) is 1.53. The molecular formula is C13H16Cl2. The molecule has 1 aromatic rings. The van der Waals surface area contributed by atoms with E-state index in [0.717, 1.165) is 5.02 Å². The summed E-state index contributed by atoms with van der Waals surface area (Å²) in [7, 11) is 0. The molecule has 0 bridgehead atoms. The van der Waals surface area contributed by atoms with E-state index in [-0.39, 0.29) is 10.8 Å². The first-order valence-corrected chi connectivity index (χ1v) is 6.08. The molecule has 0 radical (unpaired) electrons. The Morgan fingerprint density at radius 1 is 1.13 bits per heavy atom. The standard InChI is InChI=1S/C13H16Cl2/c1-12(2,3)13(6-7-13)10-5-4-9(14)8-11(10)15/h4-5,8H,6-7H2,1-3H3. The third-order valence-electron chi connectivity index (χ3n) is 3.63. The maximum atomic E-state index is 6.28. The molecule has 1 aliphatic carbocycles. The number of hydrogen-bond donors (Lipinski definition) is 0. The van der Waals surface area contributed by atoms with Gasteiger partial charge in [-0.05, 0) is 36.0 Å². The molecule has 2 heteroatoms. The van der Waals surface area contributed by atoms with Crippen LogP contribution in [0.2, 0.25) is 10.0 Å². The molecule has 82 valence electrons. The van der Waals surface area contributed by atoms with Crippen LogP contribution in [-0.2, 0) is 5.41 Å². The lowest BCUT2D eigenvalue weighted by molar-refractivity contribution is 0.299. The van der Waals surface area contributed by atoms with E-state index in [1.807, 2.05) is 12.1 Å².